The molecular formula is C9H16N2O3. The zero-order valence-electron chi connectivity index (χ0n) is 8.02. The Morgan fingerprint density at radius 1 is 1.36 bits per heavy atom. The van der Waals surface area contributed by atoms with Crippen molar-refractivity contribution in [3.63, 3.8) is 0 Å². The minimum Gasteiger partial charge on any atom is -0.389 e. The zero-order valence-corrected chi connectivity index (χ0v) is 8.02. The summed E-state index contributed by atoms with van der Waals surface area (Å²) < 4.78 is 0. The number of nitrogens with zero attached hydrogens (tertiary/aromatic N) is 1. The fraction of sp³-hybridized carbons (Fsp3) is 0.889. The van der Waals surface area contributed by atoms with Crippen LogP contribution >= 0.6 is 0 Å². The molecule has 5 nitrogen and oxygen atoms in total. The van der Waals surface area contributed by atoms with Crippen molar-refractivity contribution in [2.75, 3.05) is 19.6 Å². The lowest BCUT2D eigenvalue weighted by Crippen LogP contribution is -2.38. The molecule has 2 fully saturated rings. The van der Waals surface area contributed by atoms with Crippen molar-refractivity contribution in [2.45, 2.75) is 31.1 Å². The fourth-order valence-electron chi connectivity index (χ4n) is 2.12. The molecule has 0 aliphatic carbocycles. The standard InChI is InChI=1S/C9H16N2O3/c12-7-4-11(5-8(7)13)3-6-1-2-9(14)10-6/h6-8,12-13H,1-5H2,(H,10,14)/t6?,7-,8+. The van der Waals surface area contributed by atoms with Crippen molar-refractivity contribution >= 4 is 5.91 Å². The first kappa shape index (κ1) is 9.89. The molecule has 0 aromatic rings. The van der Waals surface area contributed by atoms with Gasteiger partial charge in [0.05, 0.1) is 12.2 Å². The van der Waals surface area contributed by atoms with Gasteiger partial charge in [-0.2, -0.15) is 0 Å². The normalized spacial score (nSPS) is 39.0. The number of β-amino-alcohol motifs (C(OH)–C–C–N with tert-alkyl or cyclic N) is 2. The lowest BCUT2D eigenvalue weighted by molar-refractivity contribution is -0.119. The number of amides is 1. The molecule has 1 amide bonds. The molecule has 2 rings (SSSR count). The van der Waals surface area contributed by atoms with Gasteiger partial charge in [-0.05, 0) is 6.42 Å². The molecule has 3 N–H and O–H groups in total. The molecule has 2 heterocycles. The molecule has 14 heavy (non-hydrogen) atoms. The zero-order chi connectivity index (χ0) is 10.1. The van der Waals surface area contributed by atoms with E-state index in [2.05, 4.69) is 5.32 Å². The number of hydrogen-bond donors (Lipinski definition) is 3. The number of rotatable bonds is 2. The summed E-state index contributed by atoms with van der Waals surface area (Å²) in [7, 11) is 0. The highest BCUT2D eigenvalue weighted by Crippen LogP contribution is 2.14. The Labute approximate surface area is 82.7 Å². The number of aliphatic hydroxyl groups is 2. The maximum Gasteiger partial charge on any atom is 0.220 e. The van der Waals surface area contributed by atoms with Gasteiger partial charge in [0.1, 0.15) is 0 Å². The van der Waals surface area contributed by atoms with E-state index < -0.39 is 12.2 Å². The van der Waals surface area contributed by atoms with Crippen molar-refractivity contribution in [3.05, 3.63) is 0 Å². The Morgan fingerprint density at radius 2 is 2.00 bits per heavy atom. The highest BCUT2D eigenvalue weighted by atomic mass is 16.3. The molecule has 5 heteroatoms. The first-order valence-electron chi connectivity index (χ1n) is 5.03. The van der Waals surface area contributed by atoms with Gasteiger partial charge < -0.3 is 15.5 Å². The summed E-state index contributed by atoms with van der Waals surface area (Å²) >= 11 is 0. The summed E-state index contributed by atoms with van der Waals surface area (Å²) in [6.07, 6.45) is 0.199. The minimum atomic E-state index is -0.632. The van der Waals surface area contributed by atoms with Crippen molar-refractivity contribution in [3.8, 4) is 0 Å². The van der Waals surface area contributed by atoms with Crippen molar-refractivity contribution in [1.29, 1.82) is 0 Å². The Morgan fingerprint density at radius 3 is 2.50 bits per heavy atom. The lowest BCUT2D eigenvalue weighted by Gasteiger charge is -2.19. The van der Waals surface area contributed by atoms with Crippen LogP contribution in [0.2, 0.25) is 0 Å². The Kier molecular flexibility index (Phi) is 2.71. The predicted molar refractivity (Wildman–Crippen MR) is 49.6 cm³/mol. The van der Waals surface area contributed by atoms with Gasteiger partial charge in [-0.3, -0.25) is 9.69 Å². The molecule has 0 saturated carbocycles. The number of carbonyl (C=O) groups excluding carboxylic acids is 1. The van der Waals surface area contributed by atoms with Gasteiger partial charge in [-0.25, -0.2) is 0 Å². The fourth-order valence-corrected chi connectivity index (χ4v) is 2.12. The second-order valence-corrected chi connectivity index (χ2v) is 4.16. The van der Waals surface area contributed by atoms with Crippen LogP contribution in [0, 0.1) is 0 Å². The van der Waals surface area contributed by atoms with Gasteiger partial charge in [-0.1, -0.05) is 0 Å². The van der Waals surface area contributed by atoms with Crippen LogP contribution < -0.4 is 5.32 Å². The molecular weight excluding hydrogens is 184 g/mol. The van der Waals surface area contributed by atoms with Crippen LogP contribution in [-0.4, -0.2) is 58.9 Å². The van der Waals surface area contributed by atoms with Crippen LogP contribution in [0.5, 0.6) is 0 Å². The minimum absolute atomic E-state index is 0.107. The van der Waals surface area contributed by atoms with E-state index in [1.165, 1.54) is 0 Å². The van der Waals surface area contributed by atoms with E-state index in [0.29, 0.717) is 19.5 Å². The molecule has 0 radical (unpaired) electrons. The van der Waals surface area contributed by atoms with Crippen LogP contribution in [0.4, 0.5) is 0 Å². The highest BCUT2D eigenvalue weighted by Gasteiger charge is 2.32. The average Bonchev–Trinajstić information content (AvgIpc) is 2.62. The summed E-state index contributed by atoms with van der Waals surface area (Å²) in [5.74, 6) is 0.107. The van der Waals surface area contributed by atoms with Crippen LogP contribution in [-0.2, 0) is 4.79 Å². The second kappa shape index (κ2) is 3.84. The Balaban J connectivity index is 1.79. The molecule has 0 aromatic heterocycles. The second-order valence-electron chi connectivity index (χ2n) is 4.16. The molecule has 1 unspecified atom stereocenters. The van der Waals surface area contributed by atoms with E-state index in [1.54, 1.807) is 0 Å². The monoisotopic (exact) mass is 200 g/mol. The van der Waals surface area contributed by atoms with Crippen LogP contribution in [0.3, 0.4) is 0 Å². The van der Waals surface area contributed by atoms with Gasteiger partial charge in [-0.15, -0.1) is 0 Å². The predicted octanol–water partition coefficient (Wildman–Crippen LogP) is -1.70. The lowest BCUT2D eigenvalue weighted by atomic mass is 10.2. The smallest absolute Gasteiger partial charge is 0.220 e. The Hall–Kier alpha value is -0.650. The van der Waals surface area contributed by atoms with Crippen LogP contribution in [0.15, 0.2) is 0 Å². The number of nitrogens with one attached hydrogen (secondary N) is 1. The number of carbonyl (C=O) groups is 1. The van der Waals surface area contributed by atoms with E-state index in [4.69, 9.17) is 0 Å². The first-order valence-corrected chi connectivity index (χ1v) is 5.03. The summed E-state index contributed by atoms with van der Waals surface area (Å²) in [6.45, 7) is 1.75. The number of hydrogen-bond acceptors (Lipinski definition) is 4. The molecule has 0 spiro atoms. The third kappa shape index (κ3) is 2.05. The van der Waals surface area contributed by atoms with E-state index >= 15 is 0 Å². The van der Waals surface area contributed by atoms with Crippen molar-refractivity contribution < 1.29 is 15.0 Å². The largest absolute Gasteiger partial charge is 0.389 e. The average molecular weight is 200 g/mol. The molecule has 80 valence electrons. The maximum absolute atomic E-state index is 10.9. The third-order valence-corrected chi connectivity index (χ3v) is 2.90. The maximum atomic E-state index is 10.9. The topological polar surface area (TPSA) is 72.8 Å². The van der Waals surface area contributed by atoms with Gasteiger partial charge >= 0.3 is 0 Å². The summed E-state index contributed by atoms with van der Waals surface area (Å²) in [5.41, 5.74) is 0. The van der Waals surface area contributed by atoms with Gasteiger partial charge in [0.15, 0.2) is 0 Å². The van der Waals surface area contributed by atoms with Crippen LogP contribution in [0.1, 0.15) is 12.8 Å². The van der Waals surface area contributed by atoms with E-state index in [1.807, 2.05) is 4.90 Å². The quantitative estimate of drug-likeness (QED) is 0.497. The first-order chi connectivity index (χ1) is 6.65. The third-order valence-electron chi connectivity index (χ3n) is 2.90. The van der Waals surface area contributed by atoms with Gasteiger partial charge in [0, 0.05) is 32.1 Å². The SMILES string of the molecule is O=C1CCC(CN2C[C@@H](O)[C@@H](O)C2)N1. The summed E-state index contributed by atoms with van der Waals surface area (Å²) in [4.78, 5) is 12.9. The highest BCUT2D eigenvalue weighted by molar-refractivity contribution is 5.78. The van der Waals surface area contributed by atoms with Gasteiger partial charge in [0.2, 0.25) is 5.91 Å². The van der Waals surface area contributed by atoms with E-state index in [-0.39, 0.29) is 11.9 Å². The van der Waals surface area contributed by atoms with E-state index in [9.17, 15) is 15.0 Å². The molecule has 2 aliphatic heterocycles. The summed E-state index contributed by atoms with van der Waals surface area (Å²) in [6, 6.07) is 0.194. The molecule has 2 saturated heterocycles. The molecule has 0 bridgehead atoms. The van der Waals surface area contributed by atoms with Crippen molar-refractivity contribution in [1.82, 2.24) is 10.2 Å². The number of likely N-dealkylation sites (tertiary alicyclic amines) is 1. The Bertz CT molecular complexity index is 224. The summed E-state index contributed by atoms with van der Waals surface area (Å²) in [5, 5.41) is 21.5. The van der Waals surface area contributed by atoms with Gasteiger partial charge in [0.25, 0.3) is 0 Å². The number of aliphatic hydroxyl groups excluding tert-OH is 2. The molecule has 2 aliphatic rings. The van der Waals surface area contributed by atoms with Crippen LogP contribution in [0.25, 0.3) is 0 Å². The van der Waals surface area contributed by atoms with Crippen molar-refractivity contribution in [2.24, 2.45) is 0 Å². The van der Waals surface area contributed by atoms with E-state index in [0.717, 1.165) is 13.0 Å². The molecule has 0 aromatic carbocycles. The molecule has 3 atom stereocenters.